The Morgan fingerprint density at radius 3 is 2.50 bits per heavy atom. The maximum atomic E-state index is 13.2. The molecule has 7 heteroatoms. The molecule has 0 radical (unpaired) electrons. The zero-order valence-electron chi connectivity index (χ0n) is 11.5. The lowest BCUT2D eigenvalue weighted by Crippen LogP contribution is -2.65. The van der Waals surface area contributed by atoms with Crippen molar-refractivity contribution in [3.05, 3.63) is 24.0 Å². The third kappa shape index (κ3) is 2.67. The van der Waals surface area contributed by atoms with Gasteiger partial charge in [0.25, 0.3) is 5.91 Å². The number of nitrogens with one attached hydrogen (secondary N) is 1. The van der Waals surface area contributed by atoms with Crippen molar-refractivity contribution >= 4 is 5.91 Å². The summed E-state index contributed by atoms with van der Waals surface area (Å²) in [5.41, 5.74) is -3.08. The number of alkyl halides is 3. The van der Waals surface area contributed by atoms with Crippen LogP contribution in [0.25, 0.3) is 0 Å². The van der Waals surface area contributed by atoms with Crippen molar-refractivity contribution in [3.63, 3.8) is 0 Å². The second-order valence-corrected chi connectivity index (χ2v) is 5.85. The topological polar surface area (TPSA) is 45.3 Å². The number of carbonyl (C=O) groups is 1. The van der Waals surface area contributed by atoms with E-state index in [2.05, 4.69) is 4.98 Å². The van der Waals surface area contributed by atoms with Crippen molar-refractivity contribution < 1.29 is 22.7 Å². The van der Waals surface area contributed by atoms with Gasteiger partial charge in [-0.25, -0.2) is 0 Å². The van der Waals surface area contributed by atoms with Gasteiger partial charge in [-0.15, -0.1) is 0 Å². The minimum absolute atomic E-state index is 0.114. The first-order valence-corrected chi connectivity index (χ1v) is 6.23. The molecule has 1 atom stereocenters. The van der Waals surface area contributed by atoms with Crippen LogP contribution >= 0.6 is 0 Å². The zero-order valence-corrected chi connectivity index (χ0v) is 11.5. The number of nitrogens with zero attached hydrogens (tertiary/aromatic N) is 1. The number of aromatic nitrogens is 1. The fourth-order valence-corrected chi connectivity index (χ4v) is 2.48. The van der Waals surface area contributed by atoms with Crippen LogP contribution in [0.15, 0.2) is 18.5 Å². The molecule has 1 aliphatic heterocycles. The molecule has 1 unspecified atom stereocenters. The summed E-state index contributed by atoms with van der Waals surface area (Å²) in [6.07, 6.45) is -1.52. The average molecular weight is 290 g/mol. The Morgan fingerprint density at radius 2 is 2.00 bits per heavy atom. The summed E-state index contributed by atoms with van der Waals surface area (Å²) in [5, 5.41) is 0. The zero-order chi connectivity index (χ0) is 15.2. The number of rotatable bonds is 1. The standard InChI is InChI=1S/C13H17F3N2O2/c1-11(2)7-18(10(19)9-4-5-17-6-9)8-12(3,20-11)13(14,15)16/h4-6,17H,7-8H2,1-3H3. The van der Waals surface area contributed by atoms with Crippen LogP contribution in [0.3, 0.4) is 0 Å². The predicted molar refractivity (Wildman–Crippen MR) is 66.3 cm³/mol. The highest BCUT2D eigenvalue weighted by Gasteiger charge is 2.58. The maximum absolute atomic E-state index is 13.2. The van der Waals surface area contributed by atoms with Crippen LogP contribution in [-0.2, 0) is 4.74 Å². The van der Waals surface area contributed by atoms with Gasteiger partial charge < -0.3 is 14.6 Å². The first-order valence-electron chi connectivity index (χ1n) is 6.23. The second-order valence-electron chi connectivity index (χ2n) is 5.85. The summed E-state index contributed by atoms with van der Waals surface area (Å²) >= 11 is 0. The molecule has 0 aromatic carbocycles. The average Bonchev–Trinajstić information content (AvgIpc) is 2.77. The van der Waals surface area contributed by atoms with Gasteiger partial charge in [0.1, 0.15) is 0 Å². The van der Waals surface area contributed by atoms with E-state index in [0.29, 0.717) is 5.56 Å². The molecule has 1 saturated heterocycles. The lowest BCUT2D eigenvalue weighted by molar-refractivity contribution is -0.318. The number of H-pyrrole nitrogens is 1. The van der Waals surface area contributed by atoms with Crippen LogP contribution in [-0.4, -0.2) is 46.3 Å². The Hall–Kier alpha value is -1.50. The Morgan fingerprint density at radius 1 is 1.35 bits per heavy atom. The van der Waals surface area contributed by atoms with Gasteiger partial charge in [0, 0.05) is 18.9 Å². The third-order valence-corrected chi connectivity index (χ3v) is 3.30. The van der Waals surface area contributed by atoms with E-state index in [4.69, 9.17) is 4.74 Å². The normalized spacial score (nSPS) is 26.6. The molecule has 4 nitrogen and oxygen atoms in total. The van der Waals surface area contributed by atoms with Crippen molar-refractivity contribution in [1.82, 2.24) is 9.88 Å². The molecule has 0 saturated carbocycles. The SMILES string of the molecule is CC1(C)CN(C(=O)c2cc[nH]c2)CC(C)(C(F)(F)F)O1. The van der Waals surface area contributed by atoms with Gasteiger partial charge >= 0.3 is 6.18 Å². The number of amides is 1. The summed E-state index contributed by atoms with van der Waals surface area (Å²) in [5.74, 6) is -0.432. The van der Waals surface area contributed by atoms with Crippen LogP contribution in [0.1, 0.15) is 31.1 Å². The highest BCUT2D eigenvalue weighted by atomic mass is 19.4. The quantitative estimate of drug-likeness (QED) is 0.864. The summed E-state index contributed by atoms with van der Waals surface area (Å²) in [6, 6.07) is 1.54. The van der Waals surface area contributed by atoms with Crippen molar-refractivity contribution in [2.45, 2.75) is 38.1 Å². The molecule has 2 rings (SSSR count). The van der Waals surface area contributed by atoms with Crippen LogP contribution < -0.4 is 0 Å². The lowest BCUT2D eigenvalue weighted by Gasteiger charge is -2.48. The Labute approximate surface area is 114 Å². The maximum Gasteiger partial charge on any atom is 0.418 e. The molecule has 1 N–H and O–H groups in total. The number of aromatic amines is 1. The molecule has 1 fully saturated rings. The van der Waals surface area contributed by atoms with Gasteiger partial charge in [-0.1, -0.05) is 0 Å². The first-order chi connectivity index (χ1) is 9.04. The summed E-state index contributed by atoms with van der Waals surface area (Å²) in [6.45, 7) is 3.68. The molecule has 1 amide bonds. The van der Waals surface area contributed by atoms with E-state index >= 15 is 0 Å². The molecule has 112 valence electrons. The number of hydrogen-bond donors (Lipinski definition) is 1. The van der Waals surface area contributed by atoms with E-state index in [-0.39, 0.29) is 6.54 Å². The molecule has 20 heavy (non-hydrogen) atoms. The van der Waals surface area contributed by atoms with Crippen LogP contribution in [0.5, 0.6) is 0 Å². The van der Waals surface area contributed by atoms with Crippen LogP contribution in [0.2, 0.25) is 0 Å². The van der Waals surface area contributed by atoms with E-state index in [1.807, 2.05) is 0 Å². The number of ether oxygens (including phenoxy) is 1. The molecule has 0 spiro atoms. The lowest BCUT2D eigenvalue weighted by atomic mass is 9.96. The molecule has 1 aromatic heterocycles. The number of morpholine rings is 1. The Balaban J connectivity index is 2.29. The van der Waals surface area contributed by atoms with Crippen LogP contribution in [0, 0.1) is 0 Å². The molecule has 2 heterocycles. The van der Waals surface area contributed by atoms with Crippen molar-refractivity contribution in [1.29, 1.82) is 0 Å². The van der Waals surface area contributed by atoms with E-state index in [0.717, 1.165) is 6.92 Å². The van der Waals surface area contributed by atoms with Crippen molar-refractivity contribution in [2.24, 2.45) is 0 Å². The minimum Gasteiger partial charge on any atom is -0.367 e. The molecule has 0 aliphatic carbocycles. The minimum atomic E-state index is -4.54. The van der Waals surface area contributed by atoms with E-state index in [9.17, 15) is 18.0 Å². The van der Waals surface area contributed by atoms with E-state index < -0.39 is 29.8 Å². The highest BCUT2D eigenvalue weighted by molar-refractivity contribution is 5.94. The third-order valence-electron chi connectivity index (χ3n) is 3.30. The van der Waals surface area contributed by atoms with Gasteiger partial charge in [0.05, 0.1) is 17.7 Å². The molecule has 1 aromatic rings. The van der Waals surface area contributed by atoms with Crippen molar-refractivity contribution in [2.75, 3.05) is 13.1 Å². The molecular formula is C13H17F3N2O2. The van der Waals surface area contributed by atoms with Gasteiger partial charge in [-0.2, -0.15) is 13.2 Å². The Kier molecular flexibility index (Phi) is 3.36. The summed E-state index contributed by atoms with van der Waals surface area (Å²) in [7, 11) is 0. The predicted octanol–water partition coefficient (Wildman–Crippen LogP) is 2.59. The second kappa shape index (κ2) is 4.51. The monoisotopic (exact) mass is 290 g/mol. The first kappa shape index (κ1) is 14.9. The fraction of sp³-hybridized carbons (Fsp3) is 0.615. The largest absolute Gasteiger partial charge is 0.418 e. The van der Waals surface area contributed by atoms with Gasteiger partial charge in [-0.3, -0.25) is 4.79 Å². The summed E-state index contributed by atoms with van der Waals surface area (Å²) < 4.78 is 44.7. The molecular weight excluding hydrogens is 273 g/mol. The number of halogens is 3. The number of hydrogen-bond acceptors (Lipinski definition) is 2. The molecule has 1 aliphatic rings. The fourth-order valence-electron chi connectivity index (χ4n) is 2.48. The van der Waals surface area contributed by atoms with E-state index in [1.165, 1.54) is 17.2 Å². The smallest absolute Gasteiger partial charge is 0.367 e. The van der Waals surface area contributed by atoms with Gasteiger partial charge in [0.15, 0.2) is 5.60 Å². The highest BCUT2D eigenvalue weighted by Crippen LogP contribution is 2.40. The Bertz CT molecular complexity index is 496. The number of carbonyl (C=O) groups excluding carboxylic acids is 1. The van der Waals surface area contributed by atoms with E-state index in [1.54, 1.807) is 20.0 Å². The summed E-state index contributed by atoms with van der Waals surface area (Å²) in [4.78, 5) is 16.2. The van der Waals surface area contributed by atoms with Gasteiger partial charge in [0.2, 0.25) is 0 Å². The van der Waals surface area contributed by atoms with Gasteiger partial charge in [-0.05, 0) is 26.8 Å². The van der Waals surface area contributed by atoms with Crippen LogP contribution in [0.4, 0.5) is 13.2 Å². The van der Waals surface area contributed by atoms with Crippen molar-refractivity contribution in [3.8, 4) is 0 Å². The molecule has 0 bridgehead atoms.